The summed E-state index contributed by atoms with van der Waals surface area (Å²) in [6.45, 7) is 4.45. The van der Waals surface area contributed by atoms with Crippen LogP contribution in [-0.4, -0.2) is 23.1 Å². The average molecular weight is 348 g/mol. The van der Waals surface area contributed by atoms with Crippen molar-refractivity contribution in [1.29, 1.82) is 5.41 Å². The molecular weight excluding hydrogens is 330 g/mol. The molecule has 0 fully saturated rings. The lowest BCUT2D eigenvalue weighted by Crippen LogP contribution is -2.25. The molecule has 0 atom stereocenters. The van der Waals surface area contributed by atoms with E-state index in [2.05, 4.69) is 32.2 Å². The second-order valence-corrected chi connectivity index (χ2v) is 5.92. The zero-order valence-corrected chi connectivity index (χ0v) is 13.9. The van der Waals surface area contributed by atoms with Crippen molar-refractivity contribution in [1.82, 2.24) is 10.2 Å². The highest BCUT2D eigenvalue weighted by atomic mass is 79.9. The zero-order chi connectivity index (χ0) is 15.6. The number of amidine groups is 1. The molecule has 1 aromatic heterocycles. The van der Waals surface area contributed by atoms with Crippen LogP contribution in [0.3, 0.4) is 0 Å². The van der Waals surface area contributed by atoms with Gasteiger partial charge < -0.3 is 10.6 Å². The number of halogens is 1. The quantitative estimate of drug-likeness (QED) is 0.658. The molecule has 0 saturated carbocycles. The van der Waals surface area contributed by atoms with Crippen LogP contribution < -0.4 is 10.6 Å². The number of benzene rings is 1. The van der Waals surface area contributed by atoms with E-state index in [1.807, 2.05) is 44.0 Å². The molecule has 0 radical (unpaired) electrons. The summed E-state index contributed by atoms with van der Waals surface area (Å²) in [5.41, 5.74) is 9.20. The van der Waals surface area contributed by atoms with Crippen molar-refractivity contribution in [3.8, 4) is 0 Å². The van der Waals surface area contributed by atoms with Gasteiger partial charge in [0, 0.05) is 18.1 Å². The second kappa shape index (κ2) is 6.22. The number of anilines is 1. The van der Waals surface area contributed by atoms with Gasteiger partial charge in [-0.3, -0.25) is 5.41 Å². The topological polar surface area (TPSA) is 78.9 Å². The Hall–Kier alpha value is -1.95. The van der Waals surface area contributed by atoms with Crippen LogP contribution in [0.1, 0.15) is 22.4 Å². The van der Waals surface area contributed by atoms with Gasteiger partial charge in [-0.05, 0) is 37.1 Å². The summed E-state index contributed by atoms with van der Waals surface area (Å²) in [4.78, 5) is 1.96. The summed E-state index contributed by atoms with van der Waals surface area (Å²) in [7, 11) is 1.92. The lowest BCUT2D eigenvalue weighted by atomic mass is 10.1. The predicted octanol–water partition coefficient (Wildman–Crippen LogP) is 2.78. The Balaban J connectivity index is 2.37. The highest BCUT2D eigenvalue weighted by Gasteiger charge is 2.17. The van der Waals surface area contributed by atoms with Gasteiger partial charge in [0.25, 0.3) is 0 Å². The monoisotopic (exact) mass is 347 g/mol. The number of nitrogens with one attached hydrogen (secondary N) is 1. The standard InChI is InChI=1S/C15H18BrN5/c1-9-10(2)19-20-15(13(9)14(17)18)21(3)8-11-5-4-6-12(16)7-11/h4-7H,8H2,1-3H3,(H3,17,18). The van der Waals surface area contributed by atoms with E-state index in [1.54, 1.807) is 0 Å². The SMILES string of the molecule is Cc1nnc(N(C)Cc2cccc(Br)c2)c(C(=N)N)c1C. The van der Waals surface area contributed by atoms with Crippen LogP contribution in [0.4, 0.5) is 5.82 Å². The van der Waals surface area contributed by atoms with E-state index in [4.69, 9.17) is 11.1 Å². The molecule has 110 valence electrons. The van der Waals surface area contributed by atoms with E-state index in [0.717, 1.165) is 21.3 Å². The molecule has 2 rings (SSSR count). The Morgan fingerprint density at radius 3 is 2.67 bits per heavy atom. The fourth-order valence-electron chi connectivity index (χ4n) is 2.17. The van der Waals surface area contributed by atoms with Crippen LogP contribution >= 0.6 is 15.9 Å². The van der Waals surface area contributed by atoms with E-state index in [-0.39, 0.29) is 5.84 Å². The molecule has 0 bridgehead atoms. The Kier molecular flexibility index (Phi) is 4.57. The molecule has 0 spiro atoms. The second-order valence-electron chi connectivity index (χ2n) is 5.01. The summed E-state index contributed by atoms with van der Waals surface area (Å²) in [6, 6.07) is 8.08. The van der Waals surface area contributed by atoms with Crippen molar-refractivity contribution in [3.05, 3.63) is 51.1 Å². The van der Waals surface area contributed by atoms with Crippen LogP contribution in [0.2, 0.25) is 0 Å². The van der Waals surface area contributed by atoms with Gasteiger partial charge in [0.05, 0.1) is 11.3 Å². The molecule has 0 amide bonds. The van der Waals surface area contributed by atoms with Crippen LogP contribution in [0.25, 0.3) is 0 Å². The van der Waals surface area contributed by atoms with Crippen molar-refractivity contribution in [2.45, 2.75) is 20.4 Å². The first-order valence-corrected chi connectivity index (χ1v) is 7.33. The highest BCUT2D eigenvalue weighted by Crippen LogP contribution is 2.22. The minimum absolute atomic E-state index is 0.0154. The van der Waals surface area contributed by atoms with Crippen molar-refractivity contribution in [3.63, 3.8) is 0 Å². The fraction of sp³-hybridized carbons (Fsp3) is 0.267. The van der Waals surface area contributed by atoms with Gasteiger partial charge in [-0.25, -0.2) is 0 Å². The minimum Gasteiger partial charge on any atom is -0.384 e. The number of nitrogens with zero attached hydrogens (tertiary/aromatic N) is 3. The van der Waals surface area contributed by atoms with Crippen molar-refractivity contribution >= 4 is 27.6 Å². The van der Waals surface area contributed by atoms with Crippen molar-refractivity contribution in [2.24, 2.45) is 5.73 Å². The largest absolute Gasteiger partial charge is 0.384 e. The molecule has 0 aliphatic carbocycles. The van der Waals surface area contributed by atoms with Gasteiger partial charge in [0.1, 0.15) is 5.84 Å². The molecule has 0 aliphatic rings. The predicted molar refractivity (Wildman–Crippen MR) is 88.8 cm³/mol. The maximum absolute atomic E-state index is 7.80. The summed E-state index contributed by atoms with van der Waals surface area (Å²) in [6.07, 6.45) is 0. The minimum atomic E-state index is 0.0154. The van der Waals surface area contributed by atoms with Crippen LogP contribution in [-0.2, 0) is 6.54 Å². The van der Waals surface area contributed by atoms with Crippen molar-refractivity contribution < 1.29 is 0 Å². The van der Waals surface area contributed by atoms with E-state index in [1.165, 1.54) is 0 Å². The van der Waals surface area contributed by atoms with Crippen molar-refractivity contribution in [2.75, 3.05) is 11.9 Å². The smallest absolute Gasteiger partial charge is 0.162 e. The first kappa shape index (κ1) is 15.4. The Labute approximate surface area is 132 Å². The summed E-state index contributed by atoms with van der Waals surface area (Å²) < 4.78 is 1.03. The molecule has 6 heteroatoms. The van der Waals surface area contributed by atoms with Gasteiger partial charge in [0.15, 0.2) is 5.82 Å². The van der Waals surface area contributed by atoms with E-state index < -0.39 is 0 Å². The number of rotatable bonds is 4. The summed E-state index contributed by atoms with van der Waals surface area (Å²) >= 11 is 3.47. The molecule has 2 aromatic rings. The maximum Gasteiger partial charge on any atom is 0.162 e. The van der Waals surface area contributed by atoms with Crippen LogP contribution in [0.5, 0.6) is 0 Å². The van der Waals surface area contributed by atoms with Gasteiger partial charge in [-0.15, -0.1) is 5.10 Å². The fourth-order valence-corrected chi connectivity index (χ4v) is 2.62. The summed E-state index contributed by atoms with van der Waals surface area (Å²) in [5, 5.41) is 16.2. The number of nitrogen functional groups attached to an aromatic ring is 1. The number of aromatic nitrogens is 2. The number of hydrogen-bond donors (Lipinski definition) is 2. The third-order valence-electron chi connectivity index (χ3n) is 3.38. The third kappa shape index (κ3) is 3.39. The van der Waals surface area contributed by atoms with E-state index in [0.29, 0.717) is 17.9 Å². The number of hydrogen-bond acceptors (Lipinski definition) is 4. The molecule has 0 aliphatic heterocycles. The third-order valence-corrected chi connectivity index (χ3v) is 3.87. The molecule has 1 aromatic carbocycles. The van der Waals surface area contributed by atoms with Gasteiger partial charge >= 0.3 is 0 Å². The Morgan fingerprint density at radius 1 is 1.33 bits per heavy atom. The molecule has 1 heterocycles. The van der Waals surface area contributed by atoms with Crippen LogP contribution in [0.15, 0.2) is 28.7 Å². The average Bonchev–Trinajstić information content (AvgIpc) is 2.41. The molecule has 5 nitrogen and oxygen atoms in total. The zero-order valence-electron chi connectivity index (χ0n) is 12.3. The molecule has 3 N–H and O–H groups in total. The lowest BCUT2D eigenvalue weighted by Gasteiger charge is -2.22. The maximum atomic E-state index is 7.80. The molecule has 0 unspecified atom stereocenters. The van der Waals surface area contributed by atoms with Gasteiger partial charge in [-0.2, -0.15) is 5.10 Å². The van der Waals surface area contributed by atoms with Crippen LogP contribution in [0, 0.1) is 19.3 Å². The lowest BCUT2D eigenvalue weighted by molar-refractivity contribution is 0.846. The normalized spacial score (nSPS) is 10.5. The first-order chi connectivity index (χ1) is 9.90. The van der Waals surface area contributed by atoms with Gasteiger partial charge in [-0.1, -0.05) is 28.1 Å². The van der Waals surface area contributed by atoms with Gasteiger partial charge in [0.2, 0.25) is 0 Å². The van der Waals surface area contributed by atoms with E-state index >= 15 is 0 Å². The number of aryl methyl sites for hydroxylation is 1. The first-order valence-electron chi connectivity index (χ1n) is 6.54. The van der Waals surface area contributed by atoms with E-state index in [9.17, 15) is 0 Å². The molecule has 0 saturated heterocycles. The Morgan fingerprint density at radius 2 is 2.05 bits per heavy atom. The summed E-state index contributed by atoms with van der Waals surface area (Å²) in [5.74, 6) is 0.646. The molecule has 21 heavy (non-hydrogen) atoms. The Bertz CT molecular complexity index is 684. The number of nitrogens with two attached hydrogens (primary N) is 1. The molecular formula is C15H18BrN5. The highest BCUT2D eigenvalue weighted by molar-refractivity contribution is 9.10.